The van der Waals surface area contributed by atoms with Crippen molar-refractivity contribution in [1.29, 1.82) is 2.67 Å². The minimum absolute atomic E-state index is 0. The van der Waals surface area contributed by atoms with Crippen molar-refractivity contribution in [2.75, 3.05) is 39.4 Å². The van der Waals surface area contributed by atoms with Crippen LogP contribution in [0.15, 0.2) is 97.3 Å². The number of hydrogen-bond acceptors (Lipinski definition) is 7. The molecule has 0 saturated carbocycles. The van der Waals surface area contributed by atoms with Gasteiger partial charge in [-0.2, -0.15) is 0 Å². The Hall–Kier alpha value is -3.92. The number of nitrogens with one attached hydrogen (secondary N) is 3. The van der Waals surface area contributed by atoms with Gasteiger partial charge < -0.3 is 34.8 Å². The molecule has 2 saturated heterocycles. The SMILES string of the molecule is CCOc1cc2[nH]ccc2cc1C(=O)N1C[C@H](C)N(Cc2ccccc2Cl)C[C@H]1C.CCOc1cc2[nH]ccc2cc1C(=O)O.C[C@@H]1CN(Cc2ccccc2Cl)[C@@H](C)CN1.[3H][B][3H].[U]. The molecule has 8 rings (SSSR count). The molecule has 333 valence electrons. The van der Waals surface area contributed by atoms with E-state index in [1.807, 2.05) is 79.5 Å². The molecule has 2 aliphatic heterocycles. The van der Waals surface area contributed by atoms with E-state index < -0.39 is 5.97 Å². The number of ether oxygens (including phenoxy) is 2. The summed E-state index contributed by atoms with van der Waals surface area (Å²) in [6.07, 6.45) is 3.65. The number of hydrogen-bond donors (Lipinski definition) is 4. The number of aromatic amines is 2. The van der Waals surface area contributed by atoms with Crippen LogP contribution in [0.5, 0.6) is 11.5 Å². The van der Waals surface area contributed by atoms with Gasteiger partial charge in [-0.25, -0.2) is 4.79 Å². The molecule has 4 heterocycles. The maximum atomic E-state index is 13.5. The van der Waals surface area contributed by atoms with E-state index in [9.17, 15) is 9.59 Å². The molecule has 11 nitrogen and oxygen atoms in total. The van der Waals surface area contributed by atoms with E-state index in [1.165, 1.54) is 5.56 Å². The quantitative estimate of drug-likeness (QED) is 0.100. The normalized spacial score (nSPS) is 19.1. The summed E-state index contributed by atoms with van der Waals surface area (Å²) in [5, 5.41) is 16.0. The number of nitrogens with zero attached hydrogens (tertiary/aromatic N) is 3. The van der Waals surface area contributed by atoms with E-state index in [-0.39, 0.29) is 54.7 Å². The standard InChI is InChI=1S/C24H28ClN3O2.C13H19ClN2.C11H11NO3.BH2.U/c1-4-30-23-12-22-18(9-10-26-22)11-20(23)24(29)28-14-16(2)27(13-17(28)3)15-19-7-5-6-8-21(19)25;1-10-8-16(11(2)7-15-10)9-12-5-3-4-6-13(12)14;1-2-15-10-6-9-7(3-4-12-9)5-8(10)11(13)14;;/h5-12,16-17,26H,4,13-15H2,1-3H3;3-6,10-11,15H,7-9H2,1-2H3;3-6,12H,2H2,1H3,(H,13,14);1H2;/t16-,17+;10-,11+;;;/m01.../s1/i;;;1T2;. The van der Waals surface area contributed by atoms with Crippen LogP contribution in [-0.4, -0.2) is 116 Å². The summed E-state index contributed by atoms with van der Waals surface area (Å²) in [5.41, 5.74) is 5.02. The monoisotopic (exact) mass is 1120 g/mol. The zero-order valence-electron chi connectivity index (χ0n) is 39.0. The summed E-state index contributed by atoms with van der Waals surface area (Å²) in [4.78, 5) is 37.6. The van der Waals surface area contributed by atoms with E-state index >= 15 is 0 Å². The molecule has 1 radical (unpaired) electrons. The second-order valence-electron chi connectivity index (χ2n) is 15.9. The Morgan fingerprint density at radius 3 is 1.73 bits per heavy atom. The summed E-state index contributed by atoms with van der Waals surface area (Å²) in [6.45, 7) is 18.8. The number of fused-ring (bicyclic) bond motifs is 2. The number of carbonyl (C=O) groups is 2. The van der Waals surface area contributed by atoms with Gasteiger partial charge in [0.2, 0.25) is 0 Å². The molecule has 15 heteroatoms. The number of amides is 1. The first-order valence-electron chi connectivity index (χ1n) is 22.2. The molecule has 6 aromatic rings. The predicted octanol–water partition coefficient (Wildman–Crippen LogP) is 8.83. The van der Waals surface area contributed by atoms with Gasteiger partial charge in [0.25, 0.3) is 5.91 Å². The summed E-state index contributed by atoms with van der Waals surface area (Å²) in [6, 6.07) is 28.5. The smallest absolute Gasteiger partial charge is 0.339 e. The molecule has 2 aromatic heterocycles. The predicted molar refractivity (Wildman–Crippen MR) is 255 cm³/mol. The van der Waals surface area contributed by atoms with Crippen molar-refractivity contribution in [2.24, 2.45) is 0 Å². The van der Waals surface area contributed by atoms with Gasteiger partial charge in [-0.05, 0) is 91.7 Å². The van der Waals surface area contributed by atoms with Crippen LogP contribution in [0.1, 0.15) is 73.4 Å². The number of carboxylic acid groups (broad SMARTS) is 1. The Balaban J connectivity index is 0.000000223. The van der Waals surface area contributed by atoms with Crippen LogP contribution in [0.2, 0.25) is 10.0 Å². The molecule has 1 amide bonds. The van der Waals surface area contributed by atoms with Gasteiger partial charge >= 0.3 is 5.97 Å². The topological polar surface area (TPSA) is 126 Å². The van der Waals surface area contributed by atoms with Gasteiger partial charge in [-0.3, -0.25) is 14.6 Å². The fourth-order valence-corrected chi connectivity index (χ4v) is 8.30. The van der Waals surface area contributed by atoms with Crippen molar-refractivity contribution in [1.82, 2.24) is 30.0 Å². The van der Waals surface area contributed by atoms with Crippen molar-refractivity contribution < 1.29 is 55.3 Å². The Labute approximate surface area is 409 Å². The number of H-pyrrole nitrogens is 2. The van der Waals surface area contributed by atoms with Crippen LogP contribution < -0.4 is 14.8 Å². The number of halogens is 2. The fourth-order valence-electron chi connectivity index (χ4n) is 7.91. The molecule has 4 atom stereocenters. The molecule has 2 fully saturated rings. The number of piperazine rings is 2. The van der Waals surface area contributed by atoms with Gasteiger partial charge in [-0.15, -0.1) is 0 Å². The third-order valence-electron chi connectivity index (χ3n) is 11.3. The maximum absolute atomic E-state index is 13.5. The molecule has 4 aromatic carbocycles. The van der Waals surface area contributed by atoms with Gasteiger partial charge in [0.05, 0.1) is 27.1 Å². The Bertz CT molecular complexity index is 2440. The first-order chi connectivity index (χ1) is 30.8. The minimum Gasteiger partial charge on any atom is -0.493 e. The molecular formula is C48H60BCl2N6O5U. The van der Waals surface area contributed by atoms with E-state index in [4.69, 9.17) is 40.5 Å². The molecule has 2 aliphatic rings. The van der Waals surface area contributed by atoms with E-state index in [1.54, 1.807) is 18.3 Å². The number of benzene rings is 4. The summed E-state index contributed by atoms with van der Waals surface area (Å²) >= 11 is 12.5. The van der Waals surface area contributed by atoms with Crippen LogP contribution in [0, 0.1) is 31.1 Å². The first-order valence-corrected chi connectivity index (χ1v) is 21.8. The van der Waals surface area contributed by atoms with Crippen molar-refractivity contribution in [2.45, 2.75) is 78.8 Å². The van der Waals surface area contributed by atoms with Crippen LogP contribution in [0.4, 0.5) is 0 Å². The number of carbonyl (C=O) groups excluding carboxylic acids is 1. The van der Waals surface area contributed by atoms with Gasteiger partial charge in [-0.1, -0.05) is 59.6 Å². The van der Waals surface area contributed by atoms with Gasteiger partial charge in [0.1, 0.15) is 17.1 Å². The fraction of sp³-hybridized carbons (Fsp3) is 0.375. The van der Waals surface area contributed by atoms with Crippen molar-refractivity contribution in [3.63, 3.8) is 0 Å². The number of carboxylic acids is 1. The molecule has 63 heavy (non-hydrogen) atoms. The zero-order chi connectivity index (χ0) is 46.3. The molecule has 0 unspecified atom stereocenters. The second-order valence-corrected chi connectivity index (χ2v) is 16.7. The van der Waals surface area contributed by atoms with Crippen molar-refractivity contribution >= 4 is 65.2 Å². The van der Waals surface area contributed by atoms with Crippen LogP contribution in [0.25, 0.3) is 21.8 Å². The molecule has 0 aliphatic carbocycles. The third kappa shape index (κ3) is 13.3. The minimum atomic E-state index is -0.971. The summed E-state index contributed by atoms with van der Waals surface area (Å²) in [5.74, 6) is 0.0931. The number of rotatable bonds is 10. The maximum Gasteiger partial charge on any atom is 0.339 e. The van der Waals surface area contributed by atoms with Gasteiger partial charge in [0.15, 0.2) is 0 Å². The van der Waals surface area contributed by atoms with Crippen LogP contribution >= 0.6 is 23.2 Å². The Morgan fingerprint density at radius 1 is 0.730 bits per heavy atom. The van der Waals surface area contributed by atoms with E-state index in [0.717, 1.165) is 70.1 Å². The Morgan fingerprint density at radius 2 is 1.22 bits per heavy atom. The molecule has 4 N–H and O–H groups in total. The number of aromatic nitrogens is 2. The molecule has 0 spiro atoms. The zero-order valence-corrected chi connectivity index (χ0v) is 42.6. The average Bonchev–Trinajstić information content (AvgIpc) is 3.94. The van der Waals surface area contributed by atoms with Gasteiger partial charge in [0, 0.05) is 151 Å². The number of aromatic carboxylic acids is 1. The van der Waals surface area contributed by atoms with Crippen LogP contribution in [0.3, 0.4) is 0 Å². The molecular weight excluding hydrogens is 1060 g/mol. The molecule has 0 bridgehead atoms. The van der Waals surface area contributed by atoms with E-state index in [2.05, 4.69) is 71.0 Å². The second kappa shape index (κ2) is 24.4. The largest absolute Gasteiger partial charge is 0.493 e. The van der Waals surface area contributed by atoms with Crippen molar-refractivity contribution in [3.05, 3.63) is 130 Å². The van der Waals surface area contributed by atoms with E-state index in [0.29, 0.717) is 57.2 Å². The van der Waals surface area contributed by atoms with Crippen molar-refractivity contribution in [3.8, 4) is 11.5 Å². The third-order valence-corrected chi connectivity index (χ3v) is 12.0. The summed E-state index contributed by atoms with van der Waals surface area (Å²) < 4.78 is 22.6. The summed E-state index contributed by atoms with van der Waals surface area (Å²) in [7, 11) is 0.500. The van der Waals surface area contributed by atoms with Crippen LogP contribution in [-0.2, 0) is 13.1 Å². The Kier molecular flexibility index (Phi) is 18.8. The first kappa shape index (κ1) is 48.5. The average molecular weight is 1120 g/mol.